The summed E-state index contributed by atoms with van der Waals surface area (Å²) >= 11 is 0. The molecular formula is C20H27NO4. The van der Waals surface area contributed by atoms with Crippen molar-refractivity contribution in [1.82, 2.24) is 5.32 Å². The smallest absolute Gasteiger partial charge is 0.203 e. The average Bonchev–Trinajstić information content (AvgIpc) is 2.64. The van der Waals surface area contributed by atoms with Crippen LogP contribution in [0, 0.1) is 6.92 Å². The van der Waals surface area contributed by atoms with E-state index in [2.05, 4.69) is 25.2 Å². The molecule has 5 heteroatoms. The van der Waals surface area contributed by atoms with Gasteiger partial charge in [-0.25, -0.2) is 0 Å². The molecule has 2 rings (SSSR count). The van der Waals surface area contributed by atoms with E-state index in [1.807, 2.05) is 24.3 Å². The van der Waals surface area contributed by atoms with Gasteiger partial charge in [0.15, 0.2) is 11.5 Å². The van der Waals surface area contributed by atoms with Gasteiger partial charge in [0.1, 0.15) is 5.75 Å². The monoisotopic (exact) mass is 345 g/mol. The molecule has 0 saturated carbocycles. The predicted molar refractivity (Wildman–Crippen MR) is 99.1 cm³/mol. The lowest BCUT2D eigenvalue weighted by molar-refractivity contribution is 0.323. The number of hydrogen-bond donors (Lipinski definition) is 1. The highest BCUT2D eigenvalue weighted by Crippen LogP contribution is 2.38. The fraction of sp³-hybridized carbons (Fsp3) is 0.400. The second-order valence-electron chi connectivity index (χ2n) is 5.88. The van der Waals surface area contributed by atoms with Gasteiger partial charge in [-0.05, 0) is 37.6 Å². The van der Waals surface area contributed by atoms with E-state index in [0.29, 0.717) is 23.8 Å². The molecular weight excluding hydrogens is 318 g/mol. The molecule has 0 unspecified atom stereocenters. The van der Waals surface area contributed by atoms with Crippen molar-refractivity contribution in [3.63, 3.8) is 0 Å². The van der Waals surface area contributed by atoms with E-state index in [1.54, 1.807) is 28.4 Å². The van der Waals surface area contributed by atoms with Crippen LogP contribution >= 0.6 is 0 Å². The van der Waals surface area contributed by atoms with E-state index < -0.39 is 0 Å². The van der Waals surface area contributed by atoms with Crippen molar-refractivity contribution < 1.29 is 18.9 Å². The summed E-state index contributed by atoms with van der Waals surface area (Å²) in [5.74, 6) is 2.79. The van der Waals surface area contributed by atoms with E-state index in [4.69, 9.17) is 18.9 Å². The Bertz CT molecular complexity index is 690. The van der Waals surface area contributed by atoms with Crippen LogP contribution in [0.3, 0.4) is 0 Å². The molecule has 0 aliphatic heterocycles. The van der Waals surface area contributed by atoms with Crippen molar-refractivity contribution in [2.45, 2.75) is 26.4 Å². The quantitative estimate of drug-likeness (QED) is 0.787. The Kier molecular flexibility index (Phi) is 6.53. The molecule has 2 aromatic rings. The summed E-state index contributed by atoms with van der Waals surface area (Å²) < 4.78 is 21.7. The summed E-state index contributed by atoms with van der Waals surface area (Å²) in [5.41, 5.74) is 3.39. The van der Waals surface area contributed by atoms with Gasteiger partial charge in [0.2, 0.25) is 5.75 Å². The number of nitrogens with one attached hydrogen (secondary N) is 1. The molecule has 0 aliphatic rings. The SMILES string of the molecule is COc1ccc(C)cc1[C@H](C)NCc1cc(OC)c(OC)c(OC)c1. The van der Waals surface area contributed by atoms with Crippen molar-refractivity contribution in [1.29, 1.82) is 0 Å². The molecule has 25 heavy (non-hydrogen) atoms. The lowest BCUT2D eigenvalue weighted by Gasteiger charge is -2.19. The topological polar surface area (TPSA) is 49.0 Å². The number of hydrogen-bond acceptors (Lipinski definition) is 5. The van der Waals surface area contributed by atoms with Crippen LogP contribution < -0.4 is 24.3 Å². The number of aryl methyl sites for hydroxylation is 1. The molecule has 2 aromatic carbocycles. The highest BCUT2D eigenvalue weighted by atomic mass is 16.5. The van der Waals surface area contributed by atoms with Gasteiger partial charge in [0, 0.05) is 18.2 Å². The normalized spacial score (nSPS) is 11.8. The Labute approximate surface area is 149 Å². The second kappa shape index (κ2) is 8.62. The molecule has 0 bridgehead atoms. The van der Waals surface area contributed by atoms with E-state index >= 15 is 0 Å². The minimum atomic E-state index is 0.133. The number of benzene rings is 2. The van der Waals surface area contributed by atoms with Crippen LogP contribution in [-0.4, -0.2) is 28.4 Å². The van der Waals surface area contributed by atoms with Crippen molar-refractivity contribution in [2.24, 2.45) is 0 Å². The zero-order chi connectivity index (χ0) is 18.4. The van der Waals surface area contributed by atoms with E-state index in [0.717, 1.165) is 16.9 Å². The lowest BCUT2D eigenvalue weighted by atomic mass is 10.0. The van der Waals surface area contributed by atoms with Gasteiger partial charge in [-0.15, -0.1) is 0 Å². The Morgan fingerprint density at radius 2 is 1.44 bits per heavy atom. The highest BCUT2D eigenvalue weighted by Gasteiger charge is 2.15. The maximum absolute atomic E-state index is 5.48. The molecule has 0 amide bonds. The van der Waals surface area contributed by atoms with Gasteiger partial charge in [-0.3, -0.25) is 0 Å². The molecule has 0 spiro atoms. The Morgan fingerprint density at radius 1 is 0.840 bits per heavy atom. The molecule has 0 aliphatic carbocycles. The first-order chi connectivity index (χ1) is 12.0. The van der Waals surface area contributed by atoms with Crippen LogP contribution in [0.5, 0.6) is 23.0 Å². The molecule has 5 nitrogen and oxygen atoms in total. The van der Waals surface area contributed by atoms with E-state index in [9.17, 15) is 0 Å². The first-order valence-electron chi connectivity index (χ1n) is 8.20. The third kappa shape index (κ3) is 4.37. The molecule has 0 saturated heterocycles. The minimum absolute atomic E-state index is 0.133. The largest absolute Gasteiger partial charge is 0.496 e. The summed E-state index contributed by atoms with van der Waals surface area (Å²) in [6, 6.07) is 10.2. The summed E-state index contributed by atoms with van der Waals surface area (Å²) in [7, 11) is 6.54. The molecule has 0 fully saturated rings. The second-order valence-corrected chi connectivity index (χ2v) is 5.88. The molecule has 0 aromatic heterocycles. The average molecular weight is 345 g/mol. The van der Waals surface area contributed by atoms with Crippen molar-refractivity contribution >= 4 is 0 Å². The van der Waals surface area contributed by atoms with Crippen molar-refractivity contribution in [3.8, 4) is 23.0 Å². The fourth-order valence-electron chi connectivity index (χ4n) is 2.81. The lowest BCUT2D eigenvalue weighted by Crippen LogP contribution is -2.19. The zero-order valence-electron chi connectivity index (χ0n) is 15.8. The molecule has 0 radical (unpaired) electrons. The Hall–Kier alpha value is -2.40. The summed E-state index contributed by atoms with van der Waals surface area (Å²) in [6.45, 7) is 4.86. The number of rotatable bonds is 8. The van der Waals surface area contributed by atoms with Crippen LogP contribution in [0.1, 0.15) is 29.7 Å². The fourth-order valence-corrected chi connectivity index (χ4v) is 2.81. The molecule has 1 N–H and O–H groups in total. The van der Waals surface area contributed by atoms with Gasteiger partial charge in [0.25, 0.3) is 0 Å². The highest BCUT2D eigenvalue weighted by molar-refractivity contribution is 5.53. The van der Waals surface area contributed by atoms with Crippen LogP contribution in [0.4, 0.5) is 0 Å². The van der Waals surface area contributed by atoms with Gasteiger partial charge in [0.05, 0.1) is 28.4 Å². The van der Waals surface area contributed by atoms with Crippen LogP contribution in [0.2, 0.25) is 0 Å². The maximum atomic E-state index is 5.48. The van der Waals surface area contributed by atoms with Crippen LogP contribution in [-0.2, 0) is 6.54 Å². The molecule has 0 heterocycles. The third-order valence-corrected chi connectivity index (χ3v) is 4.19. The van der Waals surface area contributed by atoms with E-state index in [-0.39, 0.29) is 6.04 Å². The predicted octanol–water partition coefficient (Wildman–Crippen LogP) is 3.88. The summed E-state index contributed by atoms with van der Waals surface area (Å²) in [4.78, 5) is 0. The van der Waals surface area contributed by atoms with Gasteiger partial charge >= 0.3 is 0 Å². The maximum Gasteiger partial charge on any atom is 0.203 e. The molecule has 1 atom stereocenters. The zero-order valence-corrected chi connectivity index (χ0v) is 15.8. The minimum Gasteiger partial charge on any atom is -0.496 e. The standard InChI is InChI=1S/C20H27NO4/c1-13-7-8-17(22-3)16(9-13)14(2)21-12-15-10-18(23-4)20(25-6)19(11-15)24-5/h7-11,14,21H,12H2,1-6H3/t14-/m0/s1. The number of methoxy groups -OCH3 is 4. The van der Waals surface area contributed by atoms with Crippen LogP contribution in [0.25, 0.3) is 0 Å². The van der Waals surface area contributed by atoms with Gasteiger partial charge in [-0.1, -0.05) is 17.7 Å². The third-order valence-electron chi connectivity index (χ3n) is 4.19. The van der Waals surface area contributed by atoms with Crippen molar-refractivity contribution in [2.75, 3.05) is 28.4 Å². The first kappa shape index (κ1) is 18.9. The molecule has 136 valence electrons. The van der Waals surface area contributed by atoms with Gasteiger partial charge < -0.3 is 24.3 Å². The van der Waals surface area contributed by atoms with Crippen LogP contribution in [0.15, 0.2) is 30.3 Å². The van der Waals surface area contributed by atoms with E-state index in [1.165, 1.54) is 5.56 Å². The first-order valence-corrected chi connectivity index (χ1v) is 8.20. The summed E-state index contributed by atoms with van der Waals surface area (Å²) in [6.07, 6.45) is 0. The van der Waals surface area contributed by atoms with Crippen molar-refractivity contribution in [3.05, 3.63) is 47.0 Å². The number of ether oxygens (including phenoxy) is 4. The Balaban J connectivity index is 2.19. The van der Waals surface area contributed by atoms with Gasteiger partial charge in [-0.2, -0.15) is 0 Å². The Morgan fingerprint density at radius 3 is 1.96 bits per heavy atom. The summed E-state index contributed by atoms with van der Waals surface area (Å²) in [5, 5.41) is 3.53.